The van der Waals surface area contributed by atoms with Gasteiger partial charge in [0.2, 0.25) is 17.0 Å². The number of aromatic nitrogens is 3. The molecule has 0 aliphatic rings. The number of thioether (sulfide) groups is 1. The van der Waals surface area contributed by atoms with E-state index in [1.165, 1.54) is 17.3 Å². The summed E-state index contributed by atoms with van der Waals surface area (Å²) in [6.07, 6.45) is 0. The maximum absolute atomic E-state index is 11.9. The van der Waals surface area contributed by atoms with Crippen LogP contribution in [-0.2, 0) is 9.59 Å². The van der Waals surface area contributed by atoms with Crippen LogP contribution in [0.1, 0.15) is 19.4 Å². The van der Waals surface area contributed by atoms with Crippen molar-refractivity contribution in [3.63, 3.8) is 0 Å². The van der Waals surface area contributed by atoms with Crippen LogP contribution < -0.4 is 10.6 Å². The number of amides is 2. The van der Waals surface area contributed by atoms with E-state index in [0.29, 0.717) is 17.5 Å². The molecule has 0 fully saturated rings. The van der Waals surface area contributed by atoms with Crippen LogP contribution in [0.25, 0.3) is 11.4 Å². The number of nitrogens with zero attached hydrogens (tertiary/aromatic N) is 2. The number of aryl methyl sites for hydroxylation is 1. The molecule has 0 saturated heterocycles. The van der Waals surface area contributed by atoms with Gasteiger partial charge in [0.25, 0.3) is 0 Å². The Labute approximate surface area is 145 Å². The normalized spacial score (nSPS) is 11.8. The van der Waals surface area contributed by atoms with Gasteiger partial charge in [0.05, 0.1) is 5.75 Å². The first kappa shape index (κ1) is 18.0. The molecule has 2 amide bonds. The van der Waals surface area contributed by atoms with Gasteiger partial charge in [0.15, 0.2) is 5.82 Å². The minimum Gasteiger partial charge on any atom is -0.355 e. The Morgan fingerprint density at radius 3 is 2.67 bits per heavy atom. The molecule has 0 spiro atoms. The van der Waals surface area contributed by atoms with Gasteiger partial charge < -0.3 is 10.6 Å². The number of hydrogen-bond donors (Lipinski definition) is 3. The predicted molar refractivity (Wildman–Crippen MR) is 93.6 cm³/mol. The van der Waals surface area contributed by atoms with Crippen LogP contribution in [0.15, 0.2) is 29.4 Å². The van der Waals surface area contributed by atoms with Gasteiger partial charge in [0, 0.05) is 12.1 Å². The minimum atomic E-state index is -0.562. The van der Waals surface area contributed by atoms with Gasteiger partial charge in [-0.05, 0) is 20.8 Å². The van der Waals surface area contributed by atoms with E-state index in [9.17, 15) is 9.59 Å². The van der Waals surface area contributed by atoms with E-state index < -0.39 is 6.04 Å². The van der Waals surface area contributed by atoms with Crippen molar-refractivity contribution in [2.75, 3.05) is 12.3 Å². The number of carbonyl (C=O) groups excluding carboxylic acids is 2. The molecule has 2 aromatic rings. The van der Waals surface area contributed by atoms with Gasteiger partial charge in [-0.2, -0.15) is 0 Å². The lowest BCUT2D eigenvalue weighted by molar-refractivity contribution is -0.127. The summed E-state index contributed by atoms with van der Waals surface area (Å²) in [6, 6.07) is 7.37. The Balaban J connectivity index is 1.85. The second-order valence-corrected chi connectivity index (χ2v) is 6.25. The molecule has 1 aromatic carbocycles. The number of carbonyl (C=O) groups is 2. The summed E-state index contributed by atoms with van der Waals surface area (Å²) >= 11 is 1.22. The lowest BCUT2D eigenvalue weighted by atomic mass is 10.1. The third-order valence-corrected chi connectivity index (χ3v) is 4.09. The molecule has 2 rings (SSSR count). The molecular weight excluding hydrogens is 326 g/mol. The van der Waals surface area contributed by atoms with E-state index in [1.54, 1.807) is 6.92 Å². The van der Waals surface area contributed by atoms with Crippen LogP contribution in [0.2, 0.25) is 0 Å². The Bertz CT molecular complexity index is 699. The van der Waals surface area contributed by atoms with Crippen LogP contribution in [0, 0.1) is 6.92 Å². The van der Waals surface area contributed by atoms with Crippen molar-refractivity contribution in [3.05, 3.63) is 29.8 Å². The molecule has 0 bridgehead atoms. The highest BCUT2D eigenvalue weighted by molar-refractivity contribution is 7.99. The first-order valence-corrected chi connectivity index (χ1v) is 8.67. The van der Waals surface area contributed by atoms with Gasteiger partial charge in [-0.1, -0.05) is 41.6 Å². The second-order valence-electron chi connectivity index (χ2n) is 5.31. The number of H-pyrrole nitrogens is 1. The predicted octanol–water partition coefficient (Wildman–Crippen LogP) is 1.51. The summed E-state index contributed by atoms with van der Waals surface area (Å²) < 4.78 is 0. The molecule has 128 valence electrons. The van der Waals surface area contributed by atoms with Crippen molar-refractivity contribution in [3.8, 4) is 11.4 Å². The molecule has 7 nitrogen and oxygen atoms in total. The number of rotatable bonds is 7. The van der Waals surface area contributed by atoms with E-state index in [2.05, 4.69) is 25.8 Å². The van der Waals surface area contributed by atoms with Gasteiger partial charge in [-0.3, -0.25) is 14.7 Å². The van der Waals surface area contributed by atoms with E-state index >= 15 is 0 Å². The minimum absolute atomic E-state index is 0.148. The van der Waals surface area contributed by atoms with Crippen LogP contribution >= 0.6 is 11.8 Å². The molecule has 0 saturated carbocycles. The lowest BCUT2D eigenvalue weighted by Crippen LogP contribution is -2.45. The Kier molecular flexibility index (Phi) is 6.36. The molecule has 0 aliphatic heterocycles. The van der Waals surface area contributed by atoms with E-state index in [1.807, 2.05) is 38.1 Å². The van der Waals surface area contributed by atoms with Crippen molar-refractivity contribution in [1.29, 1.82) is 0 Å². The summed E-state index contributed by atoms with van der Waals surface area (Å²) in [6.45, 7) is 6.03. The zero-order valence-electron chi connectivity index (χ0n) is 13.9. The van der Waals surface area contributed by atoms with Crippen molar-refractivity contribution >= 4 is 23.6 Å². The van der Waals surface area contributed by atoms with Crippen molar-refractivity contribution in [1.82, 2.24) is 25.8 Å². The second kappa shape index (κ2) is 8.49. The molecular formula is C16H21N5O2S. The fourth-order valence-electron chi connectivity index (χ4n) is 1.96. The largest absolute Gasteiger partial charge is 0.355 e. The summed E-state index contributed by atoms with van der Waals surface area (Å²) in [5.74, 6) is 0.374. The highest BCUT2D eigenvalue weighted by Crippen LogP contribution is 2.19. The number of likely N-dealkylation sites (N-methyl/N-ethyl adjacent to an activating group) is 1. The van der Waals surface area contributed by atoms with Gasteiger partial charge in [0.1, 0.15) is 6.04 Å². The Morgan fingerprint density at radius 1 is 1.29 bits per heavy atom. The topological polar surface area (TPSA) is 99.8 Å². The number of benzene rings is 1. The molecule has 3 N–H and O–H groups in total. The van der Waals surface area contributed by atoms with Crippen molar-refractivity contribution in [2.45, 2.75) is 32.0 Å². The average molecular weight is 347 g/mol. The fraction of sp³-hybridized carbons (Fsp3) is 0.375. The zero-order valence-corrected chi connectivity index (χ0v) is 14.7. The smallest absolute Gasteiger partial charge is 0.242 e. The van der Waals surface area contributed by atoms with E-state index in [4.69, 9.17) is 0 Å². The van der Waals surface area contributed by atoms with E-state index in [-0.39, 0.29) is 17.6 Å². The standard InChI is InChI=1S/C16H21N5O2S/c1-4-17-15(23)11(3)18-13(22)9-24-16-19-14(20-21-16)12-7-5-10(2)6-8-12/h5-8,11H,4,9H2,1-3H3,(H,17,23)(H,18,22)(H,19,20,21)/t11-/m1/s1. The third-order valence-electron chi connectivity index (χ3n) is 3.24. The number of nitrogens with one attached hydrogen (secondary N) is 3. The quantitative estimate of drug-likeness (QED) is 0.659. The maximum Gasteiger partial charge on any atom is 0.242 e. The van der Waals surface area contributed by atoms with E-state index in [0.717, 1.165) is 5.56 Å². The highest BCUT2D eigenvalue weighted by Gasteiger charge is 2.15. The van der Waals surface area contributed by atoms with Crippen molar-refractivity contribution < 1.29 is 9.59 Å². The first-order valence-electron chi connectivity index (χ1n) is 7.69. The van der Waals surface area contributed by atoms with Crippen molar-refractivity contribution in [2.24, 2.45) is 0 Å². The summed E-state index contributed by atoms with van der Waals surface area (Å²) in [7, 11) is 0. The van der Waals surface area contributed by atoms with Gasteiger partial charge >= 0.3 is 0 Å². The molecule has 1 aromatic heterocycles. The Morgan fingerprint density at radius 2 is 2.00 bits per heavy atom. The highest BCUT2D eigenvalue weighted by atomic mass is 32.2. The molecule has 1 atom stereocenters. The summed E-state index contributed by atoms with van der Waals surface area (Å²) in [4.78, 5) is 27.8. The molecule has 8 heteroatoms. The number of aromatic amines is 1. The number of hydrogen-bond acceptors (Lipinski definition) is 5. The SMILES string of the molecule is CCNC(=O)[C@@H](C)NC(=O)CSc1n[nH]c(-c2ccc(C)cc2)n1. The van der Waals surface area contributed by atoms with Gasteiger partial charge in [-0.15, -0.1) is 5.10 Å². The fourth-order valence-corrected chi connectivity index (χ4v) is 2.57. The third kappa shape index (κ3) is 5.09. The molecule has 0 unspecified atom stereocenters. The molecule has 1 heterocycles. The molecule has 24 heavy (non-hydrogen) atoms. The lowest BCUT2D eigenvalue weighted by Gasteiger charge is -2.12. The summed E-state index contributed by atoms with van der Waals surface area (Å²) in [5, 5.41) is 12.8. The summed E-state index contributed by atoms with van der Waals surface area (Å²) in [5.41, 5.74) is 2.11. The van der Waals surface area contributed by atoms with Crippen LogP contribution in [0.5, 0.6) is 0 Å². The molecule has 0 radical (unpaired) electrons. The van der Waals surface area contributed by atoms with Crippen LogP contribution in [0.4, 0.5) is 0 Å². The Hall–Kier alpha value is -2.35. The molecule has 0 aliphatic carbocycles. The van der Waals surface area contributed by atoms with Gasteiger partial charge in [-0.25, -0.2) is 4.98 Å². The average Bonchev–Trinajstić information content (AvgIpc) is 3.03. The van der Waals surface area contributed by atoms with Crippen LogP contribution in [-0.4, -0.2) is 45.3 Å². The first-order chi connectivity index (χ1) is 11.5. The monoisotopic (exact) mass is 347 g/mol. The zero-order chi connectivity index (χ0) is 17.5. The van der Waals surface area contributed by atoms with Crippen LogP contribution in [0.3, 0.4) is 0 Å². The maximum atomic E-state index is 11.9.